The van der Waals surface area contributed by atoms with Crippen molar-refractivity contribution in [3.05, 3.63) is 70.9 Å². The third-order valence-electron chi connectivity index (χ3n) is 5.05. The summed E-state index contributed by atoms with van der Waals surface area (Å²) < 4.78 is 39.8. The predicted molar refractivity (Wildman–Crippen MR) is 109 cm³/mol. The van der Waals surface area contributed by atoms with Crippen LogP contribution in [0.1, 0.15) is 55.4 Å². The van der Waals surface area contributed by atoms with Crippen molar-refractivity contribution in [3.8, 4) is 0 Å². The number of carbonyl (C=O) groups excluding carboxylic acids is 1. The summed E-state index contributed by atoms with van der Waals surface area (Å²) in [6, 6.07) is 11.1. The zero-order valence-electron chi connectivity index (χ0n) is 16.7. The monoisotopic (exact) mass is 402 g/mol. The van der Waals surface area contributed by atoms with Gasteiger partial charge in [0.2, 0.25) is 5.91 Å². The summed E-state index contributed by atoms with van der Waals surface area (Å²) >= 11 is 0. The number of halogens is 3. The highest BCUT2D eigenvalue weighted by molar-refractivity contribution is 5.88. The Balaban J connectivity index is 2.11. The van der Waals surface area contributed by atoms with Gasteiger partial charge in [-0.05, 0) is 43.0 Å². The summed E-state index contributed by atoms with van der Waals surface area (Å²) in [5.41, 5.74) is 2.68. The third kappa shape index (κ3) is 4.63. The molecule has 0 bridgehead atoms. The van der Waals surface area contributed by atoms with Crippen LogP contribution < -0.4 is 5.32 Å². The Morgan fingerprint density at radius 2 is 1.86 bits per heavy atom. The lowest BCUT2D eigenvalue weighted by Crippen LogP contribution is -2.31. The van der Waals surface area contributed by atoms with Crippen molar-refractivity contribution in [2.24, 2.45) is 0 Å². The number of aromatic amines is 1. The second kappa shape index (κ2) is 8.31. The first-order valence-corrected chi connectivity index (χ1v) is 9.76. The average molecular weight is 402 g/mol. The van der Waals surface area contributed by atoms with Crippen LogP contribution in [-0.2, 0) is 17.4 Å². The lowest BCUT2D eigenvalue weighted by Gasteiger charge is -2.19. The molecule has 154 valence electrons. The molecular weight excluding hydrogens is 377 g/mol. The minimum absolute atomic E-state index is 0.0423. The predicted octanol–water partition coefficient (Wildman–Crippen LogP) is 5.80. The highest BCUT2D eigenvalue weighted by atomic mass is 19.4. The van der Waals surface area contributed by atoms with E-state index in [1.165, 1.54) is 6.07 Å². The minimum Gasteiger partial charge on any atom is -0.361 e. The standard InChI is InChI=1S/C23H25F3N2O/c1-4-15-7-6-10-18-20(13-27-22(15)18)19(12-21(29)28-14(2)3)16-8-5-9-17(11-16)23(24,25)26/h5-11,13-14,19,27H,4,12H2,1-3H3,(H,28,29). The molecule has 0 fully saturated rings. The summed E-state index contributed by atoms with van der Waals surface area (Å²) in [7, 11) is 0. The van der Waals surface area contributed by atoms with Gasteiger partial charge < -0.3 is 10.3 Å². The molecule has 0 aliphatic carbocycles. The molecule has 1 unspecified atom stereocenters. The van der Waals surface area contributed by atoms with Gasteiger partial charge in [0, 0.05) is 35.5 Å². The first-order valence-electron chi connectivity index (χ1n) is 9.76. The van der Waals surface area contributed by atoms with Gasteiger partial charge in [0.05, 0.1) is 5.56 Å². The highest BCUT2D eigenvalue weighted by Gasteiger charge is 2.32. The topological polar surface area (TPSA) is 44.9 Å². The van der Waals surface area contributed by atoms with Crippen molar-refractivity contribution in [3.63, 3.8) is 0 Å². The number of hydrogen-bond acceptors (Lipinski definition) is 1. The van der Waals surface area contributed by atoms with Crippen molar-refractivity contribution in [2.75, 3.05) is 0 Å². The lowest BCUT2D eigenvalue weighted by molar-refractivity contribution is -0.137. The van der Waals surface area contributed by atoms with Crippen LogP contribution in [0.15, 0.2) is 48.7 Å². The van der Waals surface area contributed by atoms with Gasteiger partial charge in [-0.3, -0.25) is 4.79 Å². The third-order valence-corrected chi connectivity index (χ3v) is 5.05. The van der Waals surface area contributed by atoms with E-state index in [1.54, 1.807) is 6.07 Å². The van der Waals surface area contributed by atoms with Crippen LogP contribution in [0.2, 0.25) is 0 Å². The Labute approximate surface area is 168 Å². The summed E-state index contributed by atoms with van der Waals surface area (Å²) in [4.78, 5) is 15.8. The number of para-hydroxylation sites is 1. The normalized spacial score (nSPS) is 13.1. The molecule has 0 spiro atoms. The van der Waals surface area contributed by atoms with Gasteiger partial charge in [0.1, 0.15) is 0 Å². The number of fused-ring (bicyclic) bond motifs is 1. The van der Waals surface area contributed by atoms with Crippen LogP contribution in [0.5, 0.6) is 0 Å². The first-order chi connectivity index (χ1) is 13.7. The largest absolute Gasteiger partial charge is 0.416 e. The van der Waals surface area contributed by atoms with Crippen LogP contribution >= 0.6 is 0 Å². The molecule has 0 saturated heterocycles. The summed E-state index contributed by atoms with van der Waals surface area (Å²) in [6.07, 6.45) is -1.71. The molecule has 6 heteroatoms. The van der Waals surface area contributed by atoms with Crippen LogP contribution in [0.25, 0.3) is 10.9 Å². The van der Waals surface area contributed by atoms with Gasteiger partial charge in [-0.25, -0.2) is 0 Å². The van der Waals surface area contributed by atoms with E-state index in [1.807, 2.05) is 38.2 Å². The van der Waals surface area contributed by atoms with E-state index in [0.717, 1.165) is 40.6 Å². The van der Waals surface area contributed by atoms with Crippen LogP contribution in [0, 0.1) is 0 Å². The highest BCUT2D eigenvalue weighted by Crippen LogP contribution is 2.37. The first kappa shape index (κ1) is 21.0. The molecule has 0 aliphatic rings. The van der Waals surface area contributed by atoms with Crippen molar-refractivity contribution in [1.82, 2.24) is 10.3 Å². The number of carbonyl (C=O) groups is 1. The summed E-state index contributed by atoms with van der Waals surface area (Å²) in [5.74, 6) is -0.680. The number of nitrogens with one attached hydrogen (secondary N) is 2. The number of aromatic nitrogens is 1. The van der Waals surface area contributed by atoms with Gasteiger partial charge in [0.25, 0.3) is 0 Å². The van der Waals surface area contributed by atoms with Gasteiger partial charge in [-0.2, -0.15) is 13.2 Å². The van der Waals surface area contributed by atoms with Crippen LogP contribution in [0.3, 0.4) is 0 Å². The van der Waals surface area contributed by atoms with E-state index < -0.39 is 17.7 Å². The number of alkyl halides is 3. The number of rotatable bonds is 6. The lowest BCUT2D eigenvalue weighted by atomic mass is 9.86. The molecule has 29 heavy (non-hydrogen) atoms. The van der Waals surface area contributed by atoms with E-state index >= 15 is 0 Å². The van der Waals surface area contributed by atoms with Crippen molar-refractivity contribution < 1.29 is 18.0 Å². The maximum atomic E-state index is 13.3. The van der Waals surface area contributed by atoms with E-state index in [4.69, 9.17) is 0 Å². The molecule has 1 atom stereocenters. The van der Waals surface area contributed by atoms with Crippen molar-refractivity contribution in [1.29, 1.82) is 0 Å². The number of H-pyrrole nitrogens is 1. The molecule has 0 saturated carbocycles. The van der Waals surface area contributed by atoms with E-state index in [9.17, 15) is 18.0 Å². The fourth-order valence-corrected chi connectivity index (χ4v) is 3.73. The quantitative estimate of drug-likeness (QED) is 0.538. The zero-order valence-corrected chi connectivity index (χ0v) is 16.7. The maximum absolute atomic E-state index is 13.3. The fourth-order valence-electron chi connectivity index (χ4n) is 3.73. The molecular formula is C23H25F3N2O. The molecule has 1 heterocycles. The van der Waals surface area contributed by atoms with Gasteiger partial charge in [0.15, 0.2) is 0 Å². The Kier molecular flexibility index (Phi) is 6.01. The van der Waals surface area contributed by atoms with E-state index in [2.05, 4.69) is 17.2 Å². The minimum atomic E-state index is -4.43. The second-order valence-corrected chi connectivity index (χ2v) is 7.54. The van der Waals surface area contributed by atoms with Gasteiger partial charge >= 0.3 is 6.18 Å². The molecule has 2 N–H and O–H groups in total. The molecule has 1 aromatic heterocycles. The molecule has 3 aromatic rings. The van der Waals surface area contributed by atoms with Gasteiger partial charge in [-0.15, -0.1) is 0 Å². The summed E-state index contributed by atoms with van der Waals surface area (Å²) in [5, 5.41) is 3.78. The number of benzene rings is 2. The maximum Gasteiger partial charge on any atom is 0.416 e. The smallest absolute Gasteiger partial charge is 0.361 e. The Bertz CT molecular complexity index is 1000. The molecule has 0 aliphatic heterocycles. The molecule has 3 rings (SSSR count). The Morgan fingerprint density at radius 3 is 2.52 bits per heavy atom. The Hall–Kier alpha value is -2.76. The zero-order chi connectivity index (χ0) is 21.2. The average Bonchev–Trinajstić information content (AvgIpc) is 3.09. The fraction of sp³-hybridized carbons (Fsp3) is 0.348. The number of hydrogen-bond donors (Lipinski definition) is 2. The Morgan fingerprint density at radius 1 is 1.14 bits per heavy atom. The SMILES string of the molecule is CCc1cccc2c(C(CC(=O)NC(C)C)c3cccc(C(F)(F)F)c3)c[nH]c12. The number of aryl methyl sites for hydroxylation is 1. The second-order valence-electron chi connectivity index (χ2n) is 7.54. The van der Waals surface area contributed by atoms with E-state index in [-0.39, 0.29) is 18.4 Å². The summed E-state index contributed by atoms with van der Waals surface area (Å²) in [6.45, 7) is 5.77. The number of amides is 1. The molecule has 1 amide bonds. The van der Waals surface area contributed by atoms with Crippen molar-refractivity contribution in [2.45, 2.75) is 51.7 Å². The molecule has 2 aromatic carbocycles. The molecule has 0 radical (unpaired) electrons. The van der Waals surface area contributed by atoms with Crippen molar-refractivity contribution >= 4 is 16.8 Å². The van der Waals surface area contributed by atoms with Crippen LogP contribution in [0.4, 0.5) is 13.2 Å². The molecule has 3 nitrogen and oxygen atoms in total. The van der Waals surface area contributed by atoms with E-state index in [0.29, 0.717) is 5.56 Å². The van der Waals surface area contributed by atoms with Gasteiger partial charge in [-0.1, -0.05) is 43.3 Å². The van der Waals surface area contributed by atoms with Crippen LogP contribution in [-0.4, -0.2) is 16.9 Å².